The van der Waals surface area contributed by atoms with E-state index in [0.29, 0.717) is 11.8 Å². The number of allylic oxidation sites excluding steroid dienone is 6. The molecule has 4 unspecified atom stereocenters. The van der Waals surface area contributed by atoms with E-state index in [1.165, 1.54) is 60.3 Å². The van der Waals surface area contributed by atoms with Crippen LogP contribution in [0, 0.1) is 5.92 Å². The predicted molar refractivity (Wildman–Crippen MR) is 182 cm³/mol. The molecule has 3 heteroatoms. The Morgan fingerprint density at radius 3 is 2.41 bits per heavy atom. The van der Waals surface area contributed by atoms with Crippen LogP contribution in [0.1, 0.15) is 55.5 Å². The minimum absolute atomic E-state index is 0.0676. The quantitative estimate of drug-likeness (QED) is 0.223. The number of benzene rings is 4. The number of fused-ring (bicyclic) bond motifs is 6. The largest absolute Gasteiger partial charge is 0.309 e. The third-order valence-electron chi connectivity index (χ3n) is 10.5. The minimum Gasteiger partial charge on any atom is -0.309 e. The highest BCUT2D eigenvalue weighted by Crippen LogP contribution is 2.54. The topological polar surface area (TPSA) is 21.7 Å². The van der Waals surface area contributed by atoms with E-state index in [1.54, 1.807) is 0 Å². The fourth-order valence-electron chi connectivity index (χ4n) is 8.22. The summed E-state index contributed by atoms with van der Waals surface area (Å²) in [5.74, 6) is 2.06. The molecule has 1 aromatic heterocycles. The van der Waals surface area contributed by atoms with Gasteiger partial charge >= 0.3 is 0 Å². The van der Waals surface area contributed by atoms with Gasteiger partial charge in [-0.25, -0.2) is 4.90 Å². The molecule has 4 aliphatic rings. The molecule has 9 rings (SSSR count). The van der Waals surface area contributed by atoms with Gasteiger partial charge in [-0.05, 0) is 65.6 Å². The molecular formula is C41H36N3+. The second-order valence-electron chi connectivity index (χ2n) is 13.2. The SMILES string of the molecule is CC1(C)c2cc3c4ccccc4n(-c4ccc([NH+]5C(C6=CCCC=C6)=NC5c5ccccc5)cc4)c3cc2C2C=CC=CC21. The smallest absolute Gasteiger partial charge is 0.241 e. The van der Waals surface area contributed by atoms with Gasteiger partial charge in [-0.1, -0.05) is 105 Å². The molecule has 44 heavy (non-hydrogen) atoms. The molecule has 3 aliphatic carbocycles. The normalized spacial score (nSPS) is 24.6. The van der Waals surface area contributed by atoms with E-state index in [0.717, 1.165) is 18.7 Å². The van der Waals surface area contributed by atoms with Crippen LogP contribution in [0.5, 0.6) is 0 Å². The second kappa shape index (κ2) is 9.64. The maximum absolute atomic E-state index is 5.15. The van der Waals surface area contributed by atoms with Gasteiger partial charge in [0.15, 0.2) is 0 Å². The van der Waals surface area contributed by atoms with Crippen LogP contribution in [0.2, 0.25) is 0 Å². The molecule has 4 aromatic carbocycles. The molecule has 1 aliphatic heterocycles. The number of rotatable bonds is 4. The van der Waals surface area contributed by atoms with Crippen LogP contribution in [0.3, 0.4) is 0 Å². The van der Waals surface area contributed by atoms with Crippen LogP contribution in [0.15, 0.2) is 144 Å². The maximum Gasteiger partial charge on any atom is 0.241 e. The van der Waals surface area contributed by atoms with Gasteiger partial charge in [0.05, 0.1) is 16.6 Å². The molecule has 0 saturated heterocycles. The van der Waals surface area contributed by atoms with Crippen molar-refractivity contribution in [2.45, 2.75) is 44.2 Å². The fourth-order valence-corrected chi connectivity index (χ4v) is 8.22. The molecule has 2 heterocycles. The third kappa shape index (κ3) is 3.69. The summed E-state index contributed by atoms with van der Waals surface area (Å²) < 4.78 is 2.47. The van der Waals surface area contributed by atoms with Crippen LogP contribution in [-0.4, -0.2) is 10.4 Å². The summed E-state index contributed by atoms with van der Waals surface area (Å²) in [6.07, 6.45) is 18.4. The summed E-state index contributed by atoms with van der Waals surface area (Å²) in [6.45, 7) is 4.84. The van der Waals surface area contributed by atoms with Gasteiger partial charge in [0.25, 0.3) is 0 Å². The van der Waals surface area contributed by atoms with Crippen LogP contribution in [-0.2, 0) is 5.41 Å². The first kappa shape index (κ1) is 25.7. The van der Waals surface area contributed by atoms with Crippen molar-refractivity contribution in [3.8, 4) is 5.69 Å². The Morgan fingerprint density at radius 1 is 0.795 bits per heavy atom. The van der Waals surface area contributed by atoms with Gasteiger partial charge in [-0.3, -0.25) is 0 Å². The number of nitrogens with zero attached hydrogens (tertiary/aromatic N) is 2. The van der Waals surface area contributed by atoms with Gasteiger partial charge in [0.1, 0.15) is 5.69 Å². The Kier molecular flexibility index (Phi) is 5.64. The third-order valence-corrected chi connectivity index (χ3v) is 10.5. The average molecular weight is 571 g/mol. The van der Waals surface area contributed by atoms with Crippen LogP contribution < -0.4 is 4.90 Å². The Balaban J connectivity index is 1.17. The van der Waals surface area contributed by atoms with Crippen molar-refractivity contribution in [3.63, 3.8) is 0 Å². The molecule has 4 atom stereocenters. The Morgan fingerprint density at radius 2 is 1.59 bits per heavy atom. The molecule has 0 amide bonds. The lowest BCUT2D eigenvalue weighted by molar-refractivity contribution is -0.792. The number of quaternary nitrogens is 1. The van der Waals surface area contributed by atoms with E-state index in [2.05, 4.69) is 152 Å². The summed E-state index contributed by atoms with van der Waals surface area (Å²) in [7, 11) is 0. The van der Waals surface area contributed by atoms with Gasteiger partial charge in [-0.15, -0.1) is 0 Å². The van der Waals surface area contributed by atoms with Crippen molar-refractivity contribution in [3.05, 3.63) is 156 Å². The highest BCUT2D eigenvalue weighted by Gasteiger charge is 2.45. The zero-order chi connectivity index (χ0) is 29.4. The molecule has 5 aromatic rings. The van der Waals surface area contributed by atoms with E-state index < -0.39 is 0 Å². The fraction of sp³-hybridized carbons (Fsp3) is 0.195. The number of amidine groups is 1. The Bertz CT molecular complexity index is 2100. The molecule has 0 fully saturated rings. The van der Waals surface area contributed by atoms with Gasteiger partial charge in [-0.2, -0.15) is 4.99 Å². The molecule has 0 spiro atoms. The van der Waals surface area contributed by atoms with Crippen molar-refractivity contribution in [2.24, 2.45) is 10.9 Å². The highest BCUT2D eigenvalue weighted by atomic mass is 15.4. The number of aliphatic imine (C=N–C) groups is 1. The average Bonchev–Trinajstić information content (AvgIpc) is 3.49. The zero-order valence-electron chi connectivity index (χ0n) is 25.2. The number of hydrogen-bond acceptors (Lipinski definition) is 1. The monoisotopic (exact) mass is 570 g/mol. The van der Waals surface area contributed by atoms with E-state index in [9.17, 15) is 0 Å². The summed E-state index contributed by atoms with van der Waals surface area (Å²) in [5.41, 5.74) is 10.5. The number of nitrogens with one attached hydrogen (secondary N) is 1. The molecule has 214 valence electrons. The van der Waals surface area contributed by atoms with E-state index in [-0.39, 0.29) is 11.6 Å². The molecule has 0 saturated carbocycles. The predicted octanol–water partition coefficient (Wildman–Crippen LogP) is 8.80. The second-order valence-corrected chi connectivity index (χ2v) is 13.2. The van der Waals surface area contributed by atoms with Crippen molar-refractivity contribution < 1.29 is 4.90 Å². The Hall–Kier alpha value is -4.73. The molecule has 0 bridgehead atoms. The van der Waals surface area contributed by atoms with E-state index >= 15 is 0 Å². The molecule has 3 nitrogen and oxygen atoms in total. The molecule has 1 N–H and O–H groups in total. The lowest BCUT2D eigenvalue weighted by Gasteiger charge is -2.34. The molecular weight excluding hydrogens is 534 g/mol. The number of aromatic nitrogens is 1. The lowest BCUT2D eigenvalue weighted by Crippen LogP contribution is -3.15. The lowest BCUT2D eigenvalue weighted by atomic mass is 9.74. The maximum atomic E-state index is 5.15. The van der Waals surface area contributed by atoms with Crippen LogP contribution in [0.4, 0.5) is 5.69 Å². The summed E-state index contributed by atoms with van der Waals surface area (Å²) in [6, 6.07) is 33.8. The van der Waals surface area contributed by atoms with Gasteiger partial charge in [0, 0.05) is 40.1 Å². The summed E-state index contributed by atoms with van der Waals surface area (Å²) in [4.78, 5) is 6.47. The number of para-hydroxylation sites is 1. The standard InChI is InChI=1S/C41H35N3/c1-41(2)35-19-11-9-17-31(35)33-26-38-34(25-36(33)41)32-18-10-12-20-37(32)43(38)29-21-23-30(24-22-29)44-39(27-13-5-3-6-14-27)42-40(44)28-15-7-4-8-16-28/h3,5-7,9-26,31,35,39H,4,8H2,1-2H3/p+1. The first-order valence-electron chi connectivity index (χ1n) is 16.0. The van der Waals surface area contributed by atoms with Crippen molar-refractivity contribution in [1.29, 1.82) is 0 Å². The molecule has 0 radical (unpaired) electrons. The van der Waals surface area contributed by atoms with Crippen molar-refractivity contribution in [1.82, 2.24) is 4.57 Å². The van der Waals surface area contributed by atoms with E-state index in [1.807, 2.05) is 0 Å². The van der Waals surface area contributed by atoms with Crippen LogP contribution in [0.25, 0.3) is 27.5 Å². The van der Waals surface area contributed by atoms with Gasteiger partial charge in [0.2, 0.25) is 12.0 Å². The summed E-state index contributed by atoms with van der Waals surface area (Å²) in [5, 5.41) is 2.65. The van der Waals surface area contributed by atoms with Crippen molar-refractivity contribution >= 4 is 33.3 Å². The minimum atomic E-state index is 0.0676. The first-order chi connectivity index (χ1) is 21.6. The van der Waals surface area contributed by atoms with Gasteiger partial charge < -0.3 is 4.57 Å². The Labute approximate surface area is 258 Å². The first-order valence-corrected chi connectivity index (χ1v) is 16.0. The summed E-state index contributed by atoms with van der Waals surface area (Å²) >= 11 is 0. The van der Waals surface area contributed by atoms with E-state index in [4.69, 9.17) is 4.99 Å². The van der Waals surface area contributed by atoms with Crippen LogP contribution >= 0.6 is 0 Å². The number of hydrogen-bond donors (Lipinski definition) is 1. The highest BCUT2D eigenvalue weighted by molar-refractivity contribution is 6.10. The zero-order valence-corrected chi connectivity index (χ0v) is 25.2. The van der Waals surface area contributed by atoms with Crippen molar-refractivity contribution in [2.75, 3.05) is 0 Å².